The molecule has 5 rings (SSSR count). The Labute approximate surface area is 171 Å². The molecule has 0 amide bonds. The Hall–Kier alpha value is -2.93. The lowest BCUT2D eigenvalue weighted by Crippen LogP contribution is -2.25. The summed E-state index contributed by atoms with van der Waals surface area (Å²) < 4.78 is 29.8. The van der Waals surface area contributed by atoms with Crippen LogP contribution >= 0.6 is 11.6 Å². The molecule has 1 saturated heterocycles. The lowest BCUT2D eigenvalue weighted by molar-refractivity contribution is 0.560. The van der Waals surface area contributed by atoms with E-state index >= 15 is 0 Å². The number of hydrogen-bond acceptors (Lipinski definition) is 4. The van der Waals surface area contributed by atoms with Crippen molar-refractivity contribution in [2.24, 2.45) is 0 Å². The van der Waals surface area contributed by atoms with Crippen LogP contribution in [0.25, 0.3) is 5.65 Å². The van der Waals surface area contributed by atoms with Crippen LogP contribution in [-0.2, 0) is 0 Å². The van der Waals surface area contributed by atoms with Crippen LogP contribution in [0.1, 0.15) is 24.4 Å². The average molecular weight is 414 g/mol. The molecule has 29 heavy (non-hydrogen) atoms. The zero-order chi connectivity index (χ0) is 20.0. The maximum atomic E-state index is 14.4. The first-order valence-corrected chi connectivity index (χ1v) is 9.84. The van der Waals surface area contributed by atoms with Crippen molar-refractivity contribution in [2.75, 3.05) is 22.9 Å². The SMILES string of the molecule is Fc1ccc(F)c([C@H]2CCCN2c2ccn3ncc(N4C=C(Cl)C=CC4)c3n2)c1. The Morgan fingerprint density at radius 3 is 2.93 bits per heavy atom. The zero-order valence-electron chi connectivity index (χ0n) is 15.5. The van der Waals surface area contributed by atoms with E-state index in [1.54, 1.807) is 10.7 Å². The lowest BCUT2D eigenvalue weighted by Gasteiger charge is -2.27. The number of rotatable bonds is 3. The molecule has 0 N–H and O–H groups in total. The van der Waals surface area contributed by atoms with Gasteiger partial charge in [0.2, 0.25) is 0 Å². The molecule has 2 aromatic heterocycles. The van der Waals surface area contributed by atoms with Crippen molar-refractivity contribution in [3.8, 4) is 0 Å². The molecule has 8 heteroatoms. The monoisotopic (exact) mass is 413 g/mol. The summed E-state index contributed by atoms with van der Waals surface area (Å²) in [5, 5.41) is 5.01. The first-order valence-electron chi connectivity index (χ1n) is 9.46. The smallest absolute Gasteiger partial charge is 0.181 e. The van der Waals surface area contributed by atoms with Crippen molar-refractivity contribution in [1.29, 1.82) is 0 Å². The Morgan fingerprint density at radius 1 is 1.17 bits per heavy atom. The van der Waals surface area contributed by atoms with Crippen molar-refractivity contribution in [3.05, 3.63) is 77.2 Å². The molecule has 5 nitrogen and oxygen atoms in total. The highest BCUT2D eigenvalue weighted by Crippen LogP contribution is 2.37. The molecule has 3 aromatic rings. The molecule has 0 unspecified atom stereocenters. The third-order valence-electron chi connectivity index (χ3n) is 5.37. The van der Waals surface area contributed by atoms with E-state index in [0.29, 0.717) is 28.6 Å². The average Bonchev–Trinajstić information content (AvgIpc) is 3.36. The van der Waals surface area contributed by atoms with Crippen LogP contribution in [0, 0.1) is 11.6 Å². The Kier molecular flexibility index (Phi) is 4.47. The van der Waals surface area contributed by atoms with Crippen LogP contribution in [0.2, 0.25) is 0 Å². The fourth-order valence-electron chi connectivity index (χ4n) is 4.04. The summed E-state index contributed by atoms with van der Waals surface area (Å²) >= 11 is 6.14. The fraction of sp³-hybridized carbons (Fsp3) is 0.238. The van der Waals surface area contributed by atoms with E-state index in [9.17, 15) is 8.78 Å². The van der Waals surface area contributed by atoms with Gasteiger partial charge in [-0.3, -0.25) is 0 Å². The van der Waals surface area contributed by atoms with Crippen LogP contribution < -0.4 is 9.80 Å². The van der Waals surface area contributed by atoms with Gasteiger partial charge >= 0.3 is 0 Å². The van der Waals surface area contributed by atoms with Gasteiger partial charge in [0.05, 0.1) is 17.3 Å². The van der Waals surface area contributed by atoms with Crippen molar-refractivity contribution in [1.82, 2.24) is 14.6 Å². The number of nitrogens with zero attached hydrogens (tertiary/aromatic N) is 5. The predicted molar refractivity (Wildman–Crippen MR) is 109 cm³/mol. The summed E-state index contributed by atoms with van der Waals surface area (Å²) in [7, 11) is 0. The molecule has 1 fully saturated rings. The number of aromatic nitrogens is 3. The van der Waals surface area contributed by atoms with E-state index < -0.39 is 11.6 Å². The van der Waals surface area contributed by atoms with Gasteiger partial charge in [0.15, 0.2) is 5.65 Å². The summed E-state index contributed by atoms with van der Waals surface area (Å²) in [6.45, 7) is 1.40. The van der Waals surface area contributed by atoms with Crippen LogP contribution in [0.4, 0.5) is 20.3 Å². The number of halogens is 3. The minimum Gasteiger partial charge on any atom is -0.349 e. The highest BCUT2D eigenvalue weighted by Gasteiger charge is 2.30. The molecule has 0 saturated carbocycles. The Bertz CT molecular complexity index is 1140. The van der Waals surface area contributed by atoms with E-state index in [1.807, 2.05) is 40.4 Å². The van der Waals surface area contributed by atoms with E-state index in [4.69, 9.17) is 16.6 Å². The topological polar surface area (TPSA) is 36.7 Å². The Balaban J connectivity index is 1.54. The van der Waals surface area contributed by atoms with Crippen molar-refractivity contribution < 1.29 is 8.78 Å². The summed E-state index contributed by atoms with van der Waals surface area (Å²) in [5.74, 6) is -0.112. The molecule has 2 aliphatic heterocycles. The quantitative estimate of drug-likeness (QED) is 0.617. The largest absolute Gasteiger partial charge is 0.349 e. The highest BCUT2D eigenvalue weighted by molar-refractivity contribution is 6.31. The number of fused-ring (bicyclic) bond motifs is 1. The third kappa shape index (κ3) is 3.25. The van der Waals surface area contributed by atoms with Crippen molar-refractivity contribution in [3.63, 3.8) is 0 Å². The van der Waals surface area contributed by atoms with Crippen LogP contribution in [0.5, 0.6) is 0 Å². The molecule has 148 valence electrons. The molecule has 2 aliphatic rings. The van der Waals surface area contributed by atoms with Gasteiger partial charge in [-0.25, -0.2) is 18.3 Å². The molecule has 0 aliphatic carbocycles. The molecular formula is C21H18ClF2N5. The van der Waals surface area contributed by atoms with Gasteiger partial charge in [0.25, 0.3) is 0 Å². The van der Waals surface area contributed by atoms with Gasteiger partial charge in [-0.15, -0.1) is 0 Å². The third-order valence-corrected chi connectivity index (χ3v) is 5.59. The molecule has 0 radical (unpaired) electrons. The highest BCUT2D eigenvalue weighted by atomic mass is 35.5. The van der Waals surface area contributed by atoms with Crippen LogP contribution in [0.15, 0.2) is 60.0 Å². The lowest BCUT2D eigenvalue weighted by atomic mass is 10.0. The van der Waals surface area contributed by atoms with Gasteiger partial charge in [0.1, 0.15) is 23.1 Å². The predicted octanol–water partition coefficient (Wildman–Crippen LogP) is 4.81. The number of allylic oxidation sites excluding steroid dienone is 2. The summed E-state index contributed by atoms with van der Waals surface area (Å²) in [6, 6.07) is 5.23. The molecule has 1 aromatic carbocycles. The van der Waals surface area contributed by atoms with E-state index in [0.717, 1.165) is 31.1 Å². The van der Waals surface area contributed by atoms with Crippen LogP contribution in [-0.4, -0.2) is 27.7 Å². The van der Waals surface area contributed by atoms with Gasteiger partial charge in [-0.2, -0.15) is 5.10 Å². The van der Waals surface area contributed by atoms with E-state index in [2.05, 4.69) is 5.10 Å². The minimum absolute atomic E-state index is 0.251. The van der Waals surface area contributed by atoms with Gasteiger partial charge in [-0.1, -0.05) is 17.7 Å². The maximum Gasteiger partial charge on any atom is 0.181 e. The first kappa shape index (κ1) is 18.1. The fourth-order valence-corrected chi connectivity index (χ4v) is 4.24. The molecule has 1 atom stereocenters. The standard InChI is InChI=1S/C21H18ClF2N5/c22-14-3-1-8-27(13-14)19-12-25-29-10-7-20(26-21(19)29)28-9-2-4-18(28)16-11-15(23)5-6-17(16)24/h1,3,5-7,10-13,18H,2,4,8-9H2/t18-/m1/s1. The van der Waals surface area contributed by atoms with Gasteiger partial charge < -0.3 is 9.80 Å². The van der Waals surface area contributed by atoms with Gasteiger partial charge in [-0.05, 0) is 43.2 Å². The summed E-state index contributed by atoms with van der Waals surface area (Å²) in [6.07, 6.45) is 10.9. The second kappa shape index (κ2) is 7.15. The first-order chi connectivity index (χ1) is 14.1. The Morgan fingerprint density at radius 2 is 2.07 bits per heavy atom. The number of hydrogen-bond donors (Lipinski definition) is 0. The van der Waals surface area contributed by atoms with E-state index in [-0.39, 0.29) is 6.04 Å². The maximum absolute atomic E-state index is 14.4. The number of anilines is 2. The second-order valence-corrected chi connectivity index (χ2v) is 7.61. The molecule has 0 bridgehead atoms. The van der Waals surface area contributed by atoms with Gasteiger partial charge in [0, 0.05) is 31.0 Å². The molecule has 0 spiro atoms. The molecule has 4 heterocycles. The molecular weight excluding hydrogens is 396 g/mol. The number of benzene rings is 1. The minimum atomic E-state index is -0.434. The summed E-state index contributed by atoms with van der Waals surface area (Å²) in [5.41, 5.74) is 1.89. The second-order valence-electron chi connectivity index (χ2n) is 7.17. The zero-order valence-corrected chi connectivity index (χ0v) is 16.2. The van der Waals surface area contributed by atoms with Crippen LogP contribution in [0.3, 0.4) is 0 Å². The van der Waals surface area contributed by atoms with Crippen molar-refractivity contribution in [2.45, 2.75) is 18.9 Å². The normalized spacial score (nSPS) is 19.3. The van der Waals surface area contributed by atoms with Crippen molar-refractivity contribution >= 4 is 28.8 Å². The van der Waals surface area contributed by atoms with E-state index in [1.165, 1.54) is 12.1 Å². The summed E-state index contributed by atoms with van der Waals surface area (Å²) in [4.78, 5) is 8.83.